The first kappa shape index (κ1) is 27.4. The highest BCUT2D eigenvalue weighted by Crippen LogP contribution is 2.33. The number of carbonyl (C=O) groups is 1. The second-order valence-electron chi connectivity index (χ2n) is 8.89. The number of amides is 1. The normalized spacial score (nSPS) is 15.9. The number of nitrogens with zero attached hydrogens (tertiary/aromatic N) is 2. The van der Waals surface area contributed by atoms with Crippen LogP contribution in [0.2, 0.25) is 5.02 Å². The Bertz CT molecular complexity index is 1120. The van der Waals surface area contributed by atoms with Crippen molar-refractivity contribution in [1.82, 2.24) is 9.21 Å². The summed E-state index contributed by atoms with van der Waals surface area (Å²) < 4.78 is 38.1. The average Bonchev–Trinajstić information content (AvgIpc) is 2.81. The Morgan fingerprint density at radius 3 is 2.26 bits per heavy atom. The first-order valence-corrected chi connectivity index (χ1v) is 13.3. The zero-order valence-corrected chi connectivity index (χ0v) is 22.2. The molecule has 0 spiro atoms. The molecule has 2 aromatic carbocycles. The highest BCUT2D eigenvalue weighted by atomic mass is 35.5. The molecule has 1 N–H and O–H groups in total. The molecule has 0 radical (unpaired) electrons. The Hall–Kier alpha value is -2.17. The van der Waals surface area contributed by atoms with Crippen molar-refractivity contribution in [3.05, 3.63) is 58.1 Å². The standard InChI is InChI=1S/C25H33ClN2O6S/c1-18-15-22(33-4)16-19(2)24(18)35(31,32)27(3)13-14-34-17-23(29)28-11-9-25(30,10-12-28)20-5-7-21(26)8-6-20/h5-8,15-16,30H,9-14,17H2,1-4H3. The molecule has 0 saturated carbocycles. The van der Waals surface area contributed by atoms with E-state index in [2.05, 4.69) is 0 Å². The Labute approximate surface area is 212 Å². The maximum Gasteiger partial charge on any atom is 0.248 e. The minimum Gasteiger partial charge on any atom is -0.497 e. The lowest BCUT2D eigenvalue weighted by atomic mass is 9.84. The van der Waals surface area contributed by atoms with E-state index in [1.807, 2.05) is 12.1 Å². The third-order valence-corrected chi connectivity index (χ3v) is 8.85. The number of ether oxygens (including phenoxy) is 2. The van der Waals surface area contributed by atoms with Gasteiger partial charge in [-0.2, -0.15) is 4.31 Å². The summed E-state index contributed by atoms with van der Waals surface area (Å²) in [5.41, 5.74) is 1.01. The molecule has 1 saturated heterocycles. The van der Waals surface area contributed by atoms with Gasteiger partial charge in [-0.15, -0.1) is 0 Å². The number of hydrogen-bond donors (Lipinski definition) is 1. The molecule has 0 aromatic heterocycles. The van der Waals surface area contributed by atoms with Crippen molar-refractivity contribution in [3.8, 4) is 5.75 Å². The number of benzene rings is 2. The number of hydrogen-bond acceptors (Lipinski definition) is 6. The number of likely N-dealkylation sites (N-methyl/N-ethyl adjacent to an activating group) is 1. The van der Waals surface area contributed by atoms with Crippen LogP contribution in [0.3, 0.4) is 0 Å². The van der Waals surface area contributed by atoms with E-state index in [4.69, 9.17) is 21.1 Å². The van der Waals surface area contributed by atoms with Crippen molar-refractivity contribution in [2.45, 2.75) is 37.2 Å². The smallest absolute Gasteiger partial charge is 0.248 e. The van der Waals surface area contributed by atoms with E-state index in [0.29, 0.717) is 47.8 Å². The lowest BCUT2D eigenvalue weighted by molar-refractivity contribution is -0.140. The van der Waals surface area contributed by atoms with E-state index in [1.165, 1.54) is 18.5 Å². The quantitative estimate of drug-likeness (QED) is 0.506. The van der Waals surface area contributed by atoms with Crippen LogP contribution in [0.5, 0.6) is 5.75 Å². The van der Waals surface area contributed by atoms with E-state index in [-0.39, 0.29) is 30.6 Å². The monoisotopic (exact) mass is 524 g/mol. The zero-order chi connectivity index (χ0) is 25.8. The summed E-state index contributed by atoms with van der Waals surface area (Å²) in [6, 6.07) is 10.5. The predicted molar refractivity (Wildman–Crippen MR) is 134 cm³/mol. The predicted octanol–water partition coefficient (Wildman–Crippen LogP) is 3.11. The highest BCUT2D eigenvalue weighted by Gasteiger charge is 2.35. The molecule has 3 rings (SSSR count). The number of rotatable bonds is 9. The Morgan fingerprint density at radius 1 is 1.14 bits per heavy atom. The van der Waals surface area contributed by atoms with Gasteiger partial charge in [0.25, 0.3) is 0 Å². The fourth-order valence-corrected chi connectivity index (χ4v) is 6.01. The summed E-state index contributed by atoms with van der Waals surface area (Å²) in [7, 11) is -0.692. The lowest BCUT2D eigenvalue weighted by Gasteiger charge is -2.38. The van der Waals surface area contributed by atoms with E-state index in [0.717, 1.165) is 5.56 Å². The summed E-state index contributed by atoms with van der Waals surface area (Å²) in [5, 5.41) is 11.6. The third kappa shape index (κ3) is 6.34. The van der Waals surface area contributed by atoms with Gasteiger partial charge in [0.1, 0.15) is 12.4 Å². The molecule has 2 aromatic rings. The second-order valence-corrected chi connectivity index (χ2v) is 11.3. The Kier molecular flexibility index (Phi) is 8.82. The van der Waals surface area contributed by atoms with Crippen LogP contribution in [0.25, 0.3) is 0 Å². The van der Waals surface area contributed by atoms with Crippen LogP contribution in [0.4, 0.5) is 0 Å². The molecule has 10 heteroatoms. The van der Waals surface area contributed by atoms with Crippen LogP contribution in [0.1, 0.15) is 29.5 Å². The summed E-state index contributed by atoms with van der Waals surface area (Å²) >= 11 is 5.93. The molecule has 1 aliphatic rings. The van der Waals surface area contributed by atoms with Crippen molar-refractivity contribution in [1.29, 1.82) is 0 Å². The molecule has 8 nitrogen and oxygen atoms in total. The number of piperidine rings is 1. The lowest BCUT2D eigenvalue weighted by Crippen LogP contribution is -2.46. The molecule has 192 valence electrons. The summed E-state index contributed by atoms with van der Waals surface area (Å²) in [6.07, 6.45) is 0.837. The molecule has 1 heterocycles. The van der Waals surface area contributed by atoms with Crippen LogP contribution in [0, 0.1) is 13.8 Å². The van der Waals surface area contributed by atoms with Gasteiger partial charge >= 0.3 is 0 Å². The van der Waals surface area contributed by atoms with Crippen molar-refractivity contribution < 1.29 is 27.8 Å². The number of sulfonamides is 1. The van der Waals surface area contributed by atoms with Crippen LogP contribution in [-0.2, 0) is 25.2 Å². The third-order valence-electron chi connectivity index (χ3n) is 6.44. The van der Waals surface area contributed by atoms with Gasteiger partial charge in [-0.3, -0.25) is 4.79 Å². The van der Waals surface area contributed by atoms with Crippen LogP contribution < -0.4 is 4.74 Å². The number of halogens is 1. The molecule has 1 aliphatic heterocycles. The molecule has 1 fully saturated rings. The van der Waals surface area contributed by atoms with Crippen molar-refractivity contribution in [2.75, 3.05) is 47.0 Å². The van der Waals surface area contributed by atoms with E-state index < -0.39 is 15.6 Å². The maximum atomic E-state index is 13.1. The number of aryl methyl sites for hydroxylation is 2. The summed E-state index contributed by atoms with van der Waals surface area (Å²) in [4.78, 5) is 14.5. The minimum absolute atomic E-state index is 0.0816. The topological polar surface area (TPSA) is 96.4 Å². The van der Waals surface area contributed by atoms with Crippen molar-refractivity contribution in [3.63, 3.8) is 0 Å². The van der Waals surface area contributed by atoms with E-state index >= 15 is 0 Å². The Morgan fingerprint density at radius 2 is 1.71 bits per heavy atom. The van der Waals surface area contributed by atoms with Gasteiger partial charge in [0.2, 0.25) is 15.9 Å². The zero-order valence-electron chi connectivity index (χ0n) is 20.6. The molecule has 35 heavy (non-hydrogen) atoms. The minimum atomic E-state index is -3.72. The molecule has 0 atom stereocenters. The number of methoxy groups -OCH3 is 1. The molecule has 0 bridgehead atoms. The van der Waals surface area contributed by atoms with Gasteiger partial charge in [0, 0.05) is 31.7 Å². The van der Waals surface area contributed by atoms with Gasteiger partial charge in [-0.05, 0) is 67.6 Å². The molecular weight excluding hydrogens is 492 g/mol. The van der Waals surface area contributed by atoms with Gasteiger partial charge < -0.3 is 19.5 Å². The number of carbonyl (C=O) groups excluding carboxylic acids is 1. The molecule has 0 unspecified atom stereocenters. The molecule has 1 amide bonds. The Balaban J connectivity index is 1.48. The van der Waals surface area contributed by atoms with Gasteiger partial charge in [-0.25, -0.2) is 8.42 Å². The highest BCUT2D eigenvalue weighted by molar-refractivity contribution is 7.89. The van der Waals surface area contributed by atoms with E-state index in [9.17, 15) is 18.3 Å². The van der Waals surface area contributed by atoms with Crippen LogP contribution >= 0.6 is 11.6 Å². The second kappa shape index (κ2) is 11.3. The summed E-state index contributed by atoms with van der Waals surface area (Å²) in [5.74, 6) is 0.420. The molecular formula is C25H33ClN2O6S. The van der Waals surface area contributed by atoms with Crippen LogP contribution in [0.15, 0.2) is 41.3 Å². The fourth-order valence-electron chi connectivity index (χ4n) is 4.33. The van der Waals surface area contributed by atoms with E-state index in [1.54, 1.807) is 43.0 Å². The van der Waals surface area contributed by atoms with Crippen molar-refractivity contribution >= 4 is 27.5 Å². The van der Waals surface area contributed by atoms with Gasteiger partial charge in [-0.1, -0.05) is 23.7 Å². The molecule has 0 aliphatic carbocycles. The van der Waals surface area contributed by atoms with Gasteiger partial charge in [0.05, 0.1) is 24.2 Å². The largest absolute Gasteiger partial charge is 0.497 e. The first-order chi connectivity index (χ1) is 16.5. The SMILES string of the molecule is COc1cc(C)c(S(=O)(=O)N(C)CCOCC(=O)N2CCC(O)(c3ccc(Cl)cc3)CC2)c(C)c1. The van der Waals surface area contributed by atoms with Crippen LogP contribution in [-0.4, -0.2) is 75.6 Å². The number of likely N-dealkylation sites (tertiary alicyclic amines) is 1. The first-order valence-electron chi connectivity index (χ1n) is 11.4. The average molecular weight is 525 g/mol. The number of aliphatic hydroxyl groups is 1. The summed E-state index contributed by atoms with van der Waals surface area (Å²) in [6.45, 7) is 4.33. The van der Waals surface area contributed by atoms with Crippen molar-refractivity contribution in [2.24, 2.45) is 0 Å². The fraction of sp³-hybridized carbons (Fsp3) is 0.480. The maximum absolute atomic E-state index is 13.1. The van der Waals surface area contributed by atoms with Gasteiger partial charge in [0.15, 0.2) is 0 Å².